The number of nitrogens with zero attached hydrogens (tertiary/aromatic N) is 2. The molecule has 0 unspecified atom stereocenters. The van der Waals surface area contributed by atoms with E-state index in [1.165, 1.54) is 63.8 Å². The summed E-state index contributed by atoms with van der Waals surface area (Å²) >= 11 is 0. The van der Waals surface area contributed by atoms with Gasteiger partial charge in [0.2, 0.25) is 0 Å². The van der Waals surface area contributed by atoms with E-state index in [2.05, 4.69) is 240 Å². The van der Waals surface area contributed by atoms with Gasteiger partial charge in [0.1, 0.15) is 11.5 Å². The average Bonchev–Trinajstić information content (AvgIpc) is 1.59. The van der Waals surface area contributed by atoms with Gasteiger partial charge in [0.05, 0.1) is 43.2 Å². The highest BCUT2D eigenvalue weighted by atomic mass is 16.5. The molecule has 106 heavy (non-hydrogen) atoms. The first-order valence-electron chi connectivity index (χ1n) is 37.4. The third-order valence-electron chi connectivity index (χ3n) is 20.8. The van der Waals surface area contributed by atoms with Gasteiger partial charge in [-0.3, -0.25) is 14.6 Å². The molecule has 0 saturated heterocycles. The highest BCUT2D eigenvalue weighted by Crippen LogP contribution is 2.42. The molecule has 10 heteroatoms. The van der Waals surface area contributed by atoms with Crippen LogP contribution in [0.2, 0.25) is 0 Å². The van der Waals surface area contributed by atoms with Crippen LogP contribution in [-0.2, 0) is 12.8 Å². The van der Waals surface area contributed by atoms with Crippen LogP contribution in [0.25, 0.3) is 40.1 Å². The molecule has 2 aliphatic heterocycles. The number of nitrogens with one attached hydrogen (secondary N) is 4. The maximum absolute atomic E-state index is 14.0. The predicted octanol–water partition coefficient (Wildman–Crippen LogP) is 22.8. The number of rotatable bonds is 26. The lowest BCUT2D eigenvalue weighted by Gasteiger charge is -2.32. The summed E-state index contributed by atoms with van der Waals surface area (Å²) in [6, 6.07) is 32.9. The van der Waals surface area contributed by atoms with E-state index in [0.717, 1.165) is 137 Å². The first kappa shape index (κ1) is 77.5. The van der Waals surface area contributed by atoms with Crippen LogP contribution in [0.3, 0.4) is 0 Å². The van der Waals surface area contributed by atoms with Crippen molar-refractivity contribution in [3.63, 3.8) is 0 Å². The average molecular weight is 1410 g/mol. The summed E-state index contributed by atoms with van der Waals surface area (Å²) in [6.07, 6.45) is 41.3. The van der Waals surface area contributed by atoms with E-state index < -0.39 is 0 Å². The number of aromatic amines is 2. The maximum Gasteiger partial charge on any atom is 0.255 e. The number of methoxy groups -OCH3 is 2. The van der Waals surface area contributed by atoms with E-state index in [1.54, 1.807) is 14.2 Å². The first-order chi connectivity index (χ1) is 51.0. The lowest BCUT2D eigenvalue weighted by molar-refractivity contribution is 0.101. The van der Waals surface area contributed by atoms with Crippen molar-refractivity contribution in [3.8, 4) is 11.5 Å². The molecular formula is C96H106N6O4. The van der Waals surface area contributed by atoms with Crippen molar-refractivity contribution in [2.45, 2.75) is 149 Å². The summed E-state index contributed by atoms with van der Waals surface area (Å²) < 4.78 is 11.3. The number of amides is 2. The van der Waals surface area contributed by atoms with Crippen molar-refractivity contribution in [2.75, 3.05) is 31.4 Å². The lowest BCUT2D eigenvalue weighted by Crippen LogP contribution is -2.21. The number of fused-ring (bicyclic) bond motifs is 1. The Kier molecular flexibility index (Phi) is 25.7. The number of hydrogen-bond donors (Lipinski definition) is 4. The van der Waals surface area contributed by atoms with Crippen LogP contribution in [0.4, 0.5) is 11.4 Å². The molecule has 7 aromatic rings. The Balaban J connectivity index is 0.813. The number of carbonyl (C=O) groups excluding carboxylic acids is 2. The molecule has 5 aromatic carbocycles. The van der Waals surface area contributed by atoms with Crippen molar-refractivity contribution in [2.24, 2.45) is 15.4 Å². The van der Waals surface area contributed by atoms with E-state index >= 15 is 0 Å². The molecule has 0 fully saturated rings. The molecule has 10 rings (SSSR count). The van der Waals surface area contributed by atoms with E-state index in [4.69, 9.17) is 19.5 Å². The van der Waals surface area contributed by atoms with Gasteiger partial charge < -0.3 is 30.1 Å². The molecule has 2 aromatic heterocycles. The van der Waals surface area contributed by atoms with Crippen LogP contribution in [0.15, 0.2) is 260 Å². The number of ether oxygens (including phenoxy) is 2. The Morgan fingerprint density at radius 3 is 1.71 bits per heavy atom. The second-order valence-electron chi connectivity index (χ2n) is 28.8. The molecule has 4 heterocycles. The van der Waals surface area contributed by atoms with Gasteiger partial charge in [0, 0.05) is 55.6 Å². The van der Waals surface area contributed by atoms with Gasteiger partial charge in [-0.1, -0.05) is 197 Å². The van der Waals surface area contributed by atoms with Gasteiger partial charge >= 0.3 is 0 Å². The number of H-pyrrole nitrogens is 2. The lowest BCUT2D eigenvalue weighted by atomic mass is 9.72. The smallest absolute Gasteiger partial charge is 0.255 e. The molecule has 0 atom stereocenters. The van der Waals surface area contributed by atoms with E-state index in [0.29, 0.717) is 40.5 Å². The minimum absolute atomic E-state index is 0.187. The second kappa shape index (κ2) is 35.1. The molecule has 3 aliphatic rings. The molecule has 0 radical (unpaired) electrons. The zero-order valence-corrected chi connectivity index (χ0v) is 65.4. The van der Waals surface area contributed by atoms with Crippen molar-refractivity contribution in [3.05, 3.63) is 322 Å². The van der Waals surface area contributed by atoms with Crippen molar-refractivity contribution in [1.82, 2.24) is 9.97 Å². The second-order valence-corrected chi connectivity index (χ2v) is 28.8. The SMILES string of the molecule is C=C(c1ccc(NC(=O)c2ccc(/C=C/C(C)=C/C=C/C(C)=C/C=C/C=C(C)/C=C/C=C(C)/C=C/C3=C(C)CCCC3(C)C)cc2)cc1)c1[nH]c(/C=C2N=C(/C(c3ccc(NC(=O)c4ccc5c(OC)ccc(OC)c5c4)cc3)=c3\[nH]/c(=C\C4=NCC(C)=C4CC)c(CC)c3C)C(C)=C\2CC)c(CC)c1C. The fourth-order valence-electron chi connectivity index (χ4n) is 14.7. The summed E-state index contributed by atoms with van der Waals surface area (Å²) in [5, 5.41) is 9.93. The van der Waals surface area contributed by atoms with E-state index in [-0.39, 0.29) is 17.2 Å². The Bertz CT molecular complexity index is 5190. The Morgan fingerprint density at radius 1 is 0.575 bits per heavy atom. The van der Waals surface area contributed by atoms with Crippen LogP contribution in [0.1, 0.15) is 193 Å². The number of hydrogen-bond acceptors (Lipinski definition) is 6. The normalized spacial score (nSPS) is 16.4. The van der Waals surface area contributed by atoms with Crippen LogP contribution < -0.4 is 30.8 Å². The summed E-state index contributed by atoms with van der Waals surface area (Å²) in [5.41, 5.74) is 29.4. The minimum Gasteiger partial charge on any atom is -0.496 e. The topological polar surface area (TPSA) is 133 Å². The molecule has 0 saturated carbocycles. The fraction of sp³-hybridized carbons (Fsp3) is 0.271. The molecule has 0 spiro atoms. The highest BCUT2D eigenvalue weighted by molar-refractivity contribution is 6.33. The highest BCUT2D eigenvalue weighted by Gasteiger charge is 2.29. The van der Waals surface area contributed by atoms with Crippen molar-refractivity contribution in [1.29, 1.82) is 0 Å². The zero-order chi connectivity index (χ0) is 75.9. The monoisotopic (exact) mass is 1410 g/mol. The standard InChI is InChI=1S/C96H106N6O4/c1-19-77-65(10)59-97-84(77)57-85-79(21-3)68(13)92(101-85)90(72-44-49-76(50-45-72)99-95(104)74-46-51-81-82(56-74)89(106-18)54-53-88(81)105-17)93-69(14)80(22-4)87(102-93)58-86-78(20-2)67(12)91(100-86)66(11)71-42-47-75(48-43-71)98-94(103)73-40-38-70(39-41-73)37-35-62(7)32-25-30-60(5)28-23-24-29-61(6)31-26-33-63(8)36-52-83-64(9)34-27-55-96(83,15)16/h23-26,28-33,35-54,56-58,100-101H,11,19-22,27,34,55,59H2,1-10,12-18H3,(H,98,103)(H,99,104)/b24-23+,30-25+,31-26+,37-35+,52-36+,60-28+,61-29+,62-32+,63-33+,85-57-,87-58-,92-90-. The molecular weight excluding hydrogens is 1300 g/mol. The van der Waals surface area contributed by atoms with Crippen molar-refractivity contribution >= 4 is 74.8 Å². The molecule has 1 aliphatic carbocycles. The van der Waals surface area contributed by atoms with Gasteiger partial charge in [0.15, 0.2) is 0 Å². The number of benzene rings is 5. The van der Waals surface area contributed by atoms with Gasteiger partial charge in [-0.05, 0) is 264 Å². The summed E-state index contributed by atoms with van der Waals surface area (Å²) in [5.74, 6) is 0.929. The Morgan fingerprint density at radius 2 is 1.12 bits per heavy atom. The zero-order valence-electron chi connectivity index (χ0n) is 65.4. The molecule has 4 N–H and O–H groups in total. The maximum atomic E-state index is 14.0. The number of allylic oxidation sites excluding steroid dienone is 22. The quantitative estimate of drug-likeness (QED) is 0.0402. The van der Waals surface area contributed by atoms with Crippen LogP contribution in [-0.4, -0.2) is 54.0 Å². The van der Waals surface area contributed by atoms with Crippen LogP contribution in [0.5, 0.6) is 11.5 Å². The molecule has 2 amide bonds. The van der Waals surface area contributed by atoms with E-state index in [1.807, 2.05) is 91.0 Å². The fourth-order valence-corrected chi connectivity index (χ4v) is 14.7. The Hall–Kier alpha value is -11.1. The minimum atomic E-state index is -0.242. The summed E-state index contributed by atoms with van der Waals surface area (Å²) in [6.45, 7) is 38.3. The number of aromatic nitrogens is 2. The van der Waals surface area contributed by atoms with Gasteiger partial charge in [-0.2, -0.15) is 0 Å². The van der Waals surface area contributed by atoms with E-state index in [9.17, 15) is 9.59 Å². The number of carbonyl (C=O) groups is 2. The molecule has 0 bridgehead atoms. The largest absolute Gasteiger partial charge is 0.496 e. The predicted molar refractivity (Wildman–Crippen MR) is 451 cm³/mol. The third-order valence-corrected chi connectivity index (χ3v) is 20.8. The first-order valence-corrected chi connectivity index (χ1v) is 37.4. The summed E-state index contributed by atoms with van der Waals surface area (Å²) in [4.78, 5) is 46.0. The van der Waals surface area contributed by atoms with Gasteiger partial charge in [-0.15, -0.1) is 0 Å². The van der Waals surface area contributed by atoms with Crippen molar-refractivity contribution < 1.29 is 19.1 Å². The number of anilines is 2. The molecule has 10 nitrogen and oxygen atoms in total. The molecule has 544 valence electrons. The number of aliphatic imine (C=N–C) groups is 2. The Labute approximate surface area is 629 Å². The van der Waals surface area contributed by atoms with Crippen LogP contribution >= 0.6 is 0 Å². The van der Waals surface area contributed by atoms with Crippen LogP contribution in [0, 0.1) is 19.3 Å². The van der Waals surface area contributed by atoms with Gasteiger partial charge in [0.25, 0.3) is 11.8 Å². The third kappa shape index (κ3) is 18.2. The summed E-state index contributed by atoms with van der Waals surface area (Å²) in [7, 11) is 3.26. The van der Waals surface area contributed by atoms with Gasteiger partial charge in [-0.25, -0.2) is 4.99 Å².